The van der Waals surface area contributed by atoms with Gasteiger partial charge in [0.25, 0.3) is 5.56 Å². The van der Waals surface area contributed by atoms with Crippen molar-refractivity contribution in [2.75, 3.05) is 0 Å². The van der Waals surface area contributed by atoms with E-state index in [2.05, 4.69) is 0 Å². The van der Waals surface area contributed by atoms with Crippen molar-refractivity contribution in [2.24, 2.45) is 7.05 Å². The highest BCUT2D eigenvalue weighted by Crippen LogP contribution is 2.28. The third kappa shape index (κ3) is 3.55. The van der Waals surface area contributed by atoms with E-state index in [1.54, 1.807) is 11.6 Å². The second kappa shape index (κ2) is 7.83. The van der Waals surface area contributed by atoms with Crippen LogP contribution in [0.25, 0.3) is 16.0 Å². The van der Waals surface area contributed by atoms with Gasteiger partial charge in [0.15, 0.2) is 14.8 Å². The molecule has 2 aromatic carbocycles. The molecule has 0 aliphatic heterocycles. The second-order valence-corrected chi connectivity index (χ2v) is 9.32. The molecule has 0 N–H and O–H groups in total. The highest BCUT2D eigenvalue weighted by molar-refractivity contribution is 7.98. The normalized spacial score (nSPS) is 11.2. The number of thioether (sulfide) groups is 1. The van der Waals surface area contributed by atoms with Crippen LogP contribution in [-0.4, -0.2) is 14.1 Å². The number of hydrogen-bond donors (Lipinski definition) is 0. The number of aromatic nitrogens is 3. The molecule has 0 radical (unpaired) electrons. The fourth-order valence-corrected chi connectivity index (χ4v) is 5.42. The van der Waals surface area contributed by atoms with Gasteiger partial charge >= 0.3 is 0 Å². The van der Waals surface area contributed by atoms with Gasteiger partial charge in [-0.2, -0.15) is 0 Å². The maximum Gasteiger partial charge on any atom is 0.273 e. The van der Waals surface area contributed by atoms with Gasteiger partial charge in [-0.05, 0) is 42.9 Å². The summed E-state index contributed by atoms with van der Waals surface area (Å²) < 4.78 is 4.62. The lowest BCUT2D eigenvalue weighted by molar-refractivity contribution is 0.722. The first-order chi connectivity index (χ1) is 13.5. The molecule has 0 aliphatic carbocycles. The number of fused-ring (bicyclic) bond motifs is 1. The molecule has 2 aromatic heterocycles. The molecule has 2 heterocycles. The highest BCUT2D eigenvalue weighted by Gasteiger charge is 2.16. The van der Waals surface area contributed by atoms with Crippen molar-refractivity contribution < 1.29 is 0 Å². The van der Waals surface area contributed by atoms with E-state index in [1.165, 1.54) is 23.1 Å². The summed E-state index contributed by atoms with van der Waals surface area (Å²) in [7, 11) is 1.74. The summed E-state index contributed by atoms with van der Waals surface area (Å²) in [6, 6.07) is 15.7. The van der Waals surface area contributed by atoms with E-state index in [4.69, 9.17) is 28.8 Å². The Balaban J connectivity index is 1.82. The van der Waals surface area contributed by atoms with E-state index in [0.717, 1.165) is 16.8 Å². The van der Waals surface area contributed by atoms with Crippen LogP contribution in [0.15, 0.2) is 58.5 Å². The molecule has 0 atom stereocenters. The van der Waals surface area contributed by atoms with E-state index in [9.17, 15) is 4.79 Å². The zero-order chi connectivity index (χ0) is 19.8. The minimum Gasteiger partial charge on any atom is -0.289 e. The molecular weight excluding hydrogens is 430 g/mol. The van der Waals surface area contributed by atoms with Crippen molar-refractivity contribution in [3.8, 4) is 5.69 Å². The van der Waals surface area contributed by atoms with Crippen LogP contribution in [0.3, 0.4) is 0 Å². The average Bonchev–Trinajstić information content (AvgIpc) is 3.01. The van der Waals surface area contributed by atoms with Crippen molar-refractivity contribution in [1.82, 2.24) is 14.1 Å². The number of thiazole rings is 1. The molecule has 4 aromatic rings. The summed E-state index contributed by atoms with van der Waals surface area (Å²) in [4.78, 5) is 17.7. The van der Waals surface area contributed by atoms with Gasteiger partial charge in [-0.3, -0.25) is 13.9 Å². The van der Waals surface area contributed by atoms with Gasteiger partial charge in [0.05, 0.1) is 0 Å². The molecular formula is C20H16ClN3OS3. The summed E-state index contributed by atoms with van der Waals surface area (Å²) in [5.41, 5.74) is 3.58. The molecule has 0 aliphatic rings. The highest BCUT2D eigenvalue weighted by atomic mass is 35.5. The summed E-state index contributed by atoms with van der Waals surface area (Å²) >= 11 is 14.6. The Hall–Kier alpha value is -1.93. The minimum atomic E-state index is -0.0892. The van der Waals surface area contributed by atoms with Gasteiger partial charge in [-0.25, -0.2) is 4.98 Å². The fraction of sp³-hybridized carbons (Fsp3) is 0.150. The lowest BCUT2D eigenvalue weighted by atomic mass is 10.2. The first kappa shape index (κ1) is 19.4. The minimum absolute atomic E-state index is 0.0892. The number of benzene rings is 2. The molecule has 0 saturated heterocycles. The zero-order valence-electron chi connectivity index (χ0n) is 15.2. The van der Waals surface area contributed by atoms with Gasteiger partial charge in [0, 0.05) is 23.5 Å². The van der Waals surface area contributed by atoms with E-state index < -0.39 is 0 Å². The van der Waals surface area contributed by atoms with E-state index >= 15 is 0 Å². The molecule has 8 heteroatoms. The van der Waals surface area contributed by atoms with Crippen molar-refractivity contribution in [3.05, 3.63) is 79.0 Å². The van der Waals surface area contributed by atoms with Crippen LogP contribution in [0.5, 0.6) is 0 Å². The lowest BCUT2D eigenvalue weighted by Gasteiger charge is -2.10. The molecule has 0 fully saturated rings. The molecule has 4 rings (SSSR count). The summed E-state index contributed by atoms with van der Waals surface area (Å²) in [5.74, 6) is 0.626. The van der Waals surface area contributed by atoms with Gasteiger partial charge in [0.2, 0.25) is 0 Å². The summed E-state index contributed by atoms with van der Waals surface area (Å²) in [5, 5.41) is 1.34. The average molecular weight is 446 g/mol. The molecule has 0 amide bonds. The Morgan fingerprint density at radius 3 is 2.61 bits per heavy atom. The Morgan fingerprint density at radius 1 is 1.18 bits per heavy atom. The molecule has 0 spiro atoms. The van der Waals surface area contributed by atoms with Crippen molar-refractivity contribution in [1.29, 1.82) is 0 Å². The summed E-state index contributed by atoms with van der Waals surface area (Å²) in [6.07, 6.45) is 0. The van der Waals surface area contributed by atoms with Gasteiger partial charge in [-0.15, -0.1) is 0 Å². The van der Waals surface area contributed by atoms with Crippen molar-refractivity contribution in [2.45, 2.75) is 17.8 Å². The Labute approximate surface area is 180 Å². The van der Waals surface area contributed by atoms with E-state index in [1.807, 2.05) is 60.0 Å². The topological polar surface area (TPSA) is 39.8 Å². The molecule has 0 unspecified atom stereocenters. The van der Waals surface area contributed by atoms with Crippen LogP contribution in [0.4, 0.5) is 0 Å². The monoisotopic (exact) mass is 445 g/mol. The summed E-state index contributed by atoms with van der Waals surface area (Å²) in [6.45, 7) is 2.03. The van der Waals surface area contributed by atoms with Crippen molar-refractivity contribution in [3.63, 3.8) is 0 Å². The number of aryl methyl sites for hydroxylation is 1. The molecule has 28 heavy (non-hydrogen) atoms. The smallest absolute Gasteiger partial charge is 0.273 e. The second-order valence-electron chi connectivity index (χ2n) is 6.33. The predicted octanol–water partition coefficient (Wildman–Crippen LogP) is 5.77. The lowest BCUT2D eigenvalue weighted by Crippen LogP contribution is -2.19. The van der Waals surface area contributed by atoms with Gasteiger partial charge in [0.1, 0.15) is 4.70 Å². The van der Waals surface area contributed by atoms with Crippen LogP contribution in [-0.2, 0) is 12.8 Å². The molecule has 142 valence electrons. The first-order valence-electron chi connectivity index (χ1n) is 8.51. The Morgan fingerprint density at radius 2 is 1.89 bits per heavy atom. The molecule has 4 nitrogen and oxygen atoms in total. The standard InChI is InChI=1S/C20H16ClN3OS3/c1-12-7-9-14(10-8-12)24-17-16(28-20(24)26)18(25)23(2)19(22-17)27-11-13-5-3-4-6-15(13)21/h3-10H,11H2,1-2H3. The van der Waals surface area contributed by atoms with E-state index in [-0.39, 0.29) is 5.56 Å². The van der Waals surface area contributed by atoms with Crippen LogP contribution in [0.1, 0.15) is 11.1 Å². The largest absolute Gasteiger partial charge is 0.289 e. The van der Waals surface area contributed by atoms with Crippen LogP contribution in [0, 0.1) is 10.9 Å². The quantitative estimate of drug-likeness (QED) is 0.227. The van der Waals surface area contributed by atoms with Crippen LogP contribution in [0.2, 0.25) is 5.02 Å². The van der Waals surface area contributed by atoms with Gasteiger partial charge < -0.3 is 0 Å². The SMILES string of the molecule is Cc1ccc(-n2c(=S)sc3c(=O)n(C)c(SCc4ccccc4Cl)nc32)cc1. The van der Waals surface area contributed by atoms with Crippen LogP contribution < -0.4 is 5.56 Å². The Bertz CT molecular complexity index is 1290. The third-order valence-corrected chi connectivity index (χ3v) is 7.18. The Kier molecular flexibility index (Phi) is 5.42. The number of hydrogen-bond acceptors (Lipinski definition) is 5. The maximum atomic E-state index is 12.9. The maximum absolute atomic E-state index is 12.9. The van der Waals surface area contributed by atoms with Crippen molar-refractivity contribution >= 4 is 57.3 Å². The number of halogens is 1. The van der Waals surface area contributed by atoms with Crippen LogP contribution >= 0.6 is 46.9 Å². The fourth-order valence-electron chi connectivity index (χ4n) is 2.82. The number of rotatable bonds is 4. The predicted molar refractivity (Wildman–Crippen MR) is 121 cm³/mol. The molecule has 0 bridgehead atoms. The van der Waals surface area contributed by atoms with Gasteiger partial charge in [-0.1, -0.05) is 70.6 Å². The first-order valence-corrected chi connectivity index (χ1v) is 11.1. The molecule has 0 saturated carbocycles. The van der Waals surface area contributed by atoms with E-state index in [0.29, 0.717) is 30.2 Å². The number of nitrogens with zero attached hydrogens (tertiary/aromatic N) is 3. The third-order valence-electron chi connectivity index (χ3n) is 4.38. The zero-order valence-corrected chi connectivity index (χ0v) is 18.4.